The number of nitrogens with two attached hydrogens (primary N) is 1. The Labute approximate surface area is 84.7 Å². The van der Waals surface area contributed by atoms with Gasteiger partial charge in [0.05, 0.1) is 5.69 Å². The van der Waals surface area contributed by atoms with Crippen LogP contribution in [0.3, 0.4) is 0 Å². The first kappa shape index (κ1) is 9.62. The number of hydrogen-bond acceptors (Lipinski definition) is 3. The summed E-state index contributed by atoms with van der Waals surface area (Å²) in [6, 6.07) is 6.45. The highest BCUT2D eigenvalue weighted by Crippen LogP contribution is 2.24. The summed E-state index contributed by atoms with van der Waals surface area (Å²) < 4.78 is 0. The minimum absolute atomic E-state index is 0.455. The molecule has 1 aromatic heterocycles. The van der Waals surface area contributed by atoms with Gasteiger partial charge in [0.25, 0.3) is 0 Å². The maximum Gasteiger partial charge on any atom is 0.0541 e. The lowest BCUT2D eigenvalue weighted by Crippen LogP contribution is -2.41. The minimum Gasteiger partial charge on any atom is -0.328 e. The van der Waals surface area contributed by atoms with Crippen molar-refractivity contribution in [3.05, 3.63) is 30.1 Å². The summed E-state index contributed by atoms with van der Waals surface area (Å²) in [6.07, 6.45) is 4.18. The molecule has 1 saturated carbocycles. The Balaban J connectivity index is 1.64. The van der Waals surface area contributed by atoms with Crippen LogP contribution in [0.4, 0.5) is 0 Å². The molecule has 3 nitrogen and oxygen atoms in total. The molecule has 1 heterocycles. The van der Waals surface area contributed by atoms with Gasteiger partial charge in [0.15, 0.2) is 0 Å². The van der Waals surface area contributed by atoms with Gasteiger partial charge >= 0.3 is 0 Å². The van der Waals surface area contributed by atoms with Crippen molar-refractivity contribution in [2.24, 2.45) is 11.7 Å². The summed E-state index contributed by atoms with van der Waals surface area (Å²) in [4.78, 5) is 4.25. The largest absolute Gasteiger partial charge is 0.328 e. The molecule has 0 radical (unpaired) electrons. The number of rotatable bonds is 4. The van der Waals surface area contributed by atoms with Crippen molar-refractivity contribution in [1.82, 2.24) is 10.3 Å². The van der Waals surface area contributed by atoms with Crippen molar-refractivity contribution in [2.45, 2.75) is 25.4 Å². The topological polar surface area (TPSA) is 50.9 Å². The molecule has 3 N–H and O–H groups in total. The van der Waals surface area contributed by atoms with E-state index in [0.717, 1.165) is 24.7 Å². The van der Waals surface area contributed by atoms with Gasteiger partial charge in [0.2, 0.25) is 0 Å². The highest BCUT2D eigenvalue weighted by Gasteiger charge is 2.24. The van der Waals surface area contributed by atoms with Crippen molar-refractivity contribution in [1.29, 1.82) is 0 Å². The summed E-state index contributed by atoms with van der Waals surface area (Å²) in [5.74, 6) is 0.786. The molecule has 1 aliphatic carbocycles. The Hall–Kier alpha value is -0.930. The Morgan fingerprint density at radius 3 is 2.93 bits per heavy atom. The molecule has 0 spiro atoms. The third-order valence-electron chi connectivity index (χ3n) is 2.74. The average Bonchev–Trinajstić information content (AvgIpc) is 2.17. The Kier molecular flexibility index (Phi) is 3.11. The van der Waals surface area contributed by atoms with E-state index in [1.807, 2.05) is 24.4 Å². The molecule has 0 aromatic carbocycles. The molecular formula is C11H17N3. The third-order valence-corrected chi connectivity index (χ3v) is 2.74. The third kappa shape index (κ3) is 2.53. The van der Waals surface area contributed by atoms with E-state index in [4.69, 9.17) is 5.73 Å². The van der Waals surface area contributed by atoms with Gasteiger partial charge in [-0.3, -0.25) is 4.98 Å². The first-order chi connectivity index (χ1) is 6.84. The molecule has 0 bridgehead atoms. The van der Waals surface area contributed by atoms with E-state index in [1.165, 1.54) is 12.8 Å². The maximum atomic E-state index is 5.71. The average molecular weight is 191 g/mol. The number of hydrogen-bond donors (Lipinski definition) is 2. The molecule has 0 saturated heterocycles. The van der Waals surface area contributed by atoms with E-state index in [2.05, 4.69) is 10.3 Å². The smallest absolute Gasteiger partial charge is 0.0541 e. The van der Waals surface area contributed by atoms with Crippen molar-refractivity contribution >= 4 is 0 Å². The lowest BCUT2D eigenvalue weighted by atomic mass is 9.81. The van der Waals surface area contributed by atoms with Gasteiger partial charge < -0.3 is 11.1 Å². The van der Waals surface area contributed by atoms with Crippen LogP contribution in [0.2, 0.25) is 0 Å². The van der Waals surface area contributed by atoms with E-state index in [0.29, 0.717) is 6.04 Å². The quantitative estimate of drug-likeness (QED) is 0.743. The van der Waals surface area contributed by atoms with Crippen molar-refractivity contribution < 1.29 is 0 Å². The second kappa shape index (κ2) is 4.53. The Morgan fingerprint density at radius 1 is 1.43 bits per heavy atom. The standard InChI is InChI=1S/C11H17N3/c12-10-5-9(6-10)7-13-8-11-3-1-2-4-14-11/h1-4,9-10,13H,5-8,12H2. The minimum atomic E-state index is 0.455. The van der Waals surface area contributed by atoms with Gasteiger partial charge in [-0.2, -0.15) is 0 Å². The van der Waals surface area contributed by atoms with Crippen molar-refractivity contribution in [3.63, 3.8) is 0 Å². The Bertz CT molecular complexity index is 267. The SMILES string of the molecule is NC1CC(CNCc2ccccn2)C1. The van der Waals surface area contributed by atoms with Crippen LogP contribution in [-0.4, -0.2) is 17.6 Å². The number of nitrogens with zero attached hydrogens (tertiary/aromatic N) is 1. The molecule has 0 unspecified atom stereocenters. The summed E-state index contributed by atoms with van der Waals surface area (Å²) in [5, 5.41) is 3.41. The van der Waals surface area contributed by atoms with Crippen LogP contribution >= 0.6 is 0 Å². The molecule has 76 valence electrons. The lowest BCUT2D eigenvalue weighted by Gasteiger charge is -2.32. The summed E-state index contributed by atoms with van der Waals surface area (Å²) in [7, 11) is 0. The Morgan fingerprint density at radius 2 is 2.29 bits per heavy atom. The zero-order valence-corrected chi connectivity index (χ0v) is 8.32. The maximum absolute atomic E-state index is 5.71. The second-order valence-corrected chi connectivity index (χ2v) is 4.05. The molecule has 1 aliphatic rings. The van der Waals surface area contributed by atoms with E-state index in [-0.39, 0.29) is 0 Å². The normalized spacial score (nSPS) is 25.8. The number of nitrogens with one attached hydrogen (secondary N) is 1. The number of aromatic nitrogens is 1. The van der Waals surface area contributed by atoms with Crippen molar-refractivity contribution in [3.8, 4) is 0 Å². The zero-order valence-electron chi connectivity index (χ0n) is 8.32. The molecule has 14 heavy (non-hydrogen) atoms. The lowest BCUT2D eigenvalue weighted by molar-refractivity contribution is 0.255. The first-order valence-electron chi connectivity index (χ1n) is 5.21. The van der Waals surface area contributed by atoms with E-state index in [1.54, 1.807) is 0 Å². The summed E-state index contributed by atoms with van der Waals surface area (Å²) in [5.41, 5.74) is 6.82. The predicted molar refractivity (Wildman–Crippen MR) is 56.6 cm³/mol. The van der Waals surface area contributed by atoms with Gasteiger partial charge in [0, 0.05) is 18.8 Å². The van der Waals surface area contributed by atoms with E-state index < -0.39 is 0 Å². The van der Waals surface area contributed by atoms with Crippen LogP contribution in [-0.2, 0) is 6.54 Å². The molecule has 0 amide bonds. The number of pyridine rings is 1. The second-order valence-electron chi connectivity index (χ2n) is 4.05. The van der Waals surface area contributed by atoms with Gasteiger partial charge in [-0.15, -0.1) is 0 Å². The van der Waals surface area contributed by atoms with Gasteiger partial charge in [-0.1, -0.05) is 6.07 Å². The van der Waals surface area contributed by atoms with Crippen molar-refractivity contribution in [2.75, 3.05) is 6.54 Å². The summed E-state index contributed by atoms with van der Waals surface area (Å²) in [6.45, 7) is 1.94. The molecule has 0 aliphatic heterocycles. The zero-order chi connectivity index (χ0) is 9.80. The molecule has 2 rings (SSSR count). The monoisotopic (exact) mass is 191 g/mol. The van der Waals surface area contributed by atoms with Crippen LogP contribution in [0.1, 0.15) is 18.5 Å². The van der Waals surface area contributed by atoms with Crippen LogP contribution < -0.4 is 11.1 Å². The van der Waals surface area contributed by atoms with Gasteiger partial charge in [0.1, 0.15) is 0 Å². The highest BCUT2D eigenvalue weighted by atomic mass is 14.9. The highest BCUT2D eigenvalue weighted by molar-refractivity contribution is 5.02. The molecule has 1 fully saturated rings. The summed E-state index contributed by atoms with van der Waals surface area (Å²) >= 11 is 0. The van der Waals surface area contributed by atoms with Crippen LogP contribution in [0, 0.1) is 5.92 Å². The molecule has 1 aromatic rings. The van der Waals surface area contributed by atoms with E-state index >= 15 is 0 Å². The molecule has 3 heteroatoms. The van der Waals surface area contributed by atoms with Crippen LogP contribution in [0.15, 0.2) is 24.4 Å². The fraction of sp³-hybridized carbons (Fsp3) is 0.545. The van der Waals surface area contributed by atoms with E-state index in [9.17, 15) is 0 Å². The van der Waals surface area contributed by atoms with Gasteiger partial charge in [-0.05, 0) is 37.4 Å². The predicted octanol–water partition coefficient (Wildman–Crippen LogP) is 0.908. The molecular weight excluding hydrogens is 174 g/mol. The fourth-order valence-corrected chi connectivity index (χ4v) is 1.86. The fourth-order valence-electron chi connectivity index (χ4n) is 1.86. The van der Waals surface area contributed by atoms with Crippen LogP contribution in [0.25, 0.3) is 0 Å². The molecule has 0 atom stereocenters. The van der Waals surface area contributed by atoms with Crippen LogP contribution in [0.5, 0.6) is 0 Å². The van der Waals surface area contributed by atoms with Gasteiger partial charge in [-0.25, -0.2) is 0 Å². The first-order valence-corrected chi connectivity index (χ1v) is 5.21.